The summed E-state index contributed by atoms with van der Waals surface area (Å²) in [6.07, 6.45) is 3.14. The van der Waals surface area contributed by atoms with E-state index < -0.39 is 6.61 Å². The van der Waals surface area contributed by atoms with E-state index in [1.165, 1.54) is 24.0 Å². The summed E-state index contributed by atoms with van der Waals surface area (Å²) in [5.41, 5.74) is 1.68. The molecule has 1 aliphatic rings. The molecule has 0 atom stereocenters. The van der Waals surface area contributed by atoms with Gasteiger partial charge in [0.05, 0.1) is 23.9 Å². The van der Waals surface area contributed by atoms with Crippen LogP contribution in [0.5, 0.6) is 11.5 Å². The Balaban J connectivity index is 1.30. The van der Waals surface area contributed by atoms with Crippen molar-refractivity contribution >= 4 is 33.5 Å². The maximum Gasteiger partial charge on any atom is 0.387 e. The molecule has 9 heteroatoms. The third-order valence-electron chi connectivity index (χ3n) is 5.20. The predicted molar refractivity (Wildman–Crippen MR) is 120 cm³/mol. The maximum absolute atomic E-state index is 12.6. The second-order valence-corrected chi connectivity index (χ2v) is 8.41. The number of hydrogen-bond acceptors (Lipinski definition) is 6. The number of para-hydroxylation sites is 1. The number of thiazole rings is 1. The van der Waals surface area contributed by atoms with Crippen LogP contribution in [-0.4, -0.2) is 60.6 Å². The number of rotatable bonds is 7. The number of aromatic nitrogens is 1. The van der Waals surface area contributed by atoms with Crippen molar-refractivity contribution in [2.24, 2.45) is 0 Å². The third kappa shape index (κ3) is 5.41. The molecule has 32 heavy (non-hydrogen) atoms. The van der Waals surface area contributed by atoms with Crippen molar-refractivity contribution in [2.75, 3.05) is 33.3 Å². The Labute approximate surface area is 188 Å². The summed E-state index contributed by atoms with van der Waals surface area (Å²) in [4.78, 5) is 21.4. The van der Waals surface area contributed by atoms with Gasteiger partial charge in [-0.15, -0.1) is 11.3 Å². The van der Waals surface area contributed by atoms with Crippen LogP contribution >= 0.6 is 11.3 Å². The molecule has 0 bridgehead atoms. The van der Waals surface area contributed by atoms with E-state index in [-0.39, 0.29) is 17.4 Å². The highest BCUT2D eigenvalue weighted by Crippen LogP contribution is 2.30. The molecule has 3 aromatic rings. The van der Waals surface area contributed by atoms with Crippen LogP contribution < -0.4 is 9.47 Å². The molecule has 0 saturated carbocycles. The van der Waals surface area contributed by atoms with E-state index >= 15 is 0 Å². The minimum Gasteiger partial charge on any atom is -0.493 e. The average molecular weight is 460 g/mol. The Morgan fingerprint density at radius 2 is 1.94 bits per heavy atom. The summed E-state index contributed by atoms with van der Waals surface area (Å²) in [5.74, 6) is 0.0510. The molecule has 1 aromatic heterocycles. The second-order valence-electron chi connectivity index (χ2n) is 7.30. The molecular formula is C23H23F2N3O3S. The van der Waals surface area contributed by atoms with Crippen molar-refractivity contribution in [3.05, 3.63) is 59.1 Å². The molecule has 1 aliphatic heterocycles. The highest BCUT2D eigenvalue weighted by Gasteiger charge is 2.20. The van der Waals surface area contributed by atoms with E-state index in [4.69, 9.17) is 4.74 Å². The molecule has 2 aromatic carbocycles. The topological polar surface area (TPSA) is 54.9 Å². The lowest BCUT2D eigenvalue weighted by Gasteiger charge is -2.33. The molecular weight excluding hydrogens is 436 g/mol. The van der Waals surface area contributed by atoms with Gasteiger partial charge in [-0.1, -0.05) is 18.2 Å². The molecule has 168 valence electrons. The highest BCUT2D eigenvalue weighted by atomic mass is 32.1. The van der Waals surface area contributed by atoms with Crippen molar-refractivity contribution < 1.29 is 23.0 Å². The third-order valence-corrected chi connectivity index (χ3v) is 6.22. The lowest BCUT2D eigenvalue weighted by Crippen LogP contribution is -2.47. The first kappa shape index (κ1) is 22.2. The van der Waals surface area contributed by atoms with Crippen LogP contribution in [0.25, 0.3) is 16.3 Å². The summed E-state index contributed by atoms with van der Waals surface area (Å²) in [7, 11) is 1.38. The Hall–Kier alpha value is -3.04. The average Bonchev–Trinajstić information content (AvgIpc) is 3.20. The molecule has 0 spiro atoms. The van der Waals surface area contributed by atoms with Crippen LogP contribution in [-0.2, 0) is 11.3 Å². The number of amides is 1. The van der Waals surface area contributed by atoms with Crippen LogP contribution in [0.1, 0.15) is 10.6 Å². The van der Waals surface area contributed by atoms with Gasteiger partial charge in [0.15, 0.2) is 11.5 Å². The zero-order chi connectivity index (χ0) is 22.5. The van der Waals surface area contributed by atoms with Gasteiger partial charge in [0.2, 0.25) is 5.91 Å². The van der Waals surface area contributed by atoms with Crippen molar-refractivity contribution in [1.82, 2.24) is 14.8 Å². The van der Waals surface area contributed by atoms with Crippen LogP contribution in [0.3, 0.4) is 0 Å². The SMILES string of the molecule is COc1cc(/C=C/C(=O)N2CCN(Cc3nc4ccccc4s3)CC2)ccc1OC(F)F. The van der Waals surface area contributed by atoms with Gasteiger partial charge < -0.3 is 14.4 Å². The smallest absolute Gasteiger partial charge is 0.387 e. The number of carbonyl (C=O) groups excluding carboxylic acids is 1. The number of benzene rings is 2. The van der Waals surface area contributed by atoms with Gasteiger partial charge in [0.25, 0.3) is 0 Å². The van der Waals surface area contributed by atoms with Gasteiger partial charge in [-0.05, 0) is 35.9 Å². The Morgan fingerprint density at radius 1 is 1.16 bits per heavy atom. The number of ether oxygens (including phenoxy) is 2. The van der Waals surface area contributed by atoms with Gasteiger partial charge in [-0.25, -0.2) is 4.98 Å². The molecule has 0 unspecified atom stereocenters. The van der Waals surface area contributed by atoms with Gasteiger partial charge >= 0.3 is 6.61 Å². The maximum atomic E-state index is 12.6. The monoisotopic (exact) mass is 459 g/mol. The van der Waals surface area contributed by atoms with Crippen LogP contribution in [0, 0.1) is 0 Å². The second kappa shape index (κ2) is 10.1. The lowest BCUT2D eigenvalue weighted by molar-refractivity contribution is -0.127. The molecule has 1 saturated heterocycles. The number of hydrogen-bond donors (Lipinski definition) is 0. The summed E-state index contributed by atoms with van der Waals surface area (Å²) >= 11 is 1.71. The lowest BCUT2D eigenvalue weighted by atomic mass is 10.2. The van der Waals surface area contributed by atoms with Crippen LogP contribution in [0.2, 0.25) is 0 Å². The van der Waals surface area contributed by atoms with Crippen molar-refractivity contribution in [3.8, 4) is 11.5 Å². The first-order valence-corrected chi connectivity index (χ1v) is 11.0. The fraction of sp³-hybridized carbons (Fsp3) is 0.304. The zero-order valence-electron chi connectivity index (χ0n) is 17.5. The summed E-state index contributed by atoms with van der Waals surface area (Å²) < 4.78 is 35.6. The normalized spacial score (nSPS) is 15.1. The first-order chi connectivity index (χ1) is 15.5. The highest BCUT2D eigenvalue weighted by molar-refractivity contribution is 7.18. The Bertz CT molecular complexity index is 1080. The molecule has 1 fully saturated rings. The molecule has 0 N–H and O–H groups in total. The quantitative estimate of drug-likeness (QED) is 0.494. The number of alkyl halides is 2. The number of halogens is 2. The number of nitrogens with zero attached hydrogens (tertiary/aromatic N) is 3. The van der Waals surface area contributed by atoms with Crippen molar-refractivity contribution in [1.29, 1.82) is 0 Å². The molecule has 1 amide bonds. The number of fused-ring (bicyclic) bond motifs is 1. The van der Waals surface area contributed by atoms with Gasteiger partial charge in [-0.2, -0.15) is 8.78 Å². The summed E-state index contributed by atoms with van der Waals surface area (Å²) in [6.45, 7) is 0.688. The predicted octanol–water partition coefficient (Wildman–Crippen LogP) is 4.26. The van der Waals surface area contributed by atoms with E-state index in [2.05, 4.69) is 20.7 Å². The molecule has 6 nitrogen and oxygen atoms in total. The van der Waals surface area contributed by atoms with Gasteiger partial charge in [-0.3, -0.25) is 9.69 Å². The largest absolute Gasteiger partial charge is 0.493 e. The zero-order valence-corrected chi connectivity index (χ0v) is 18.4. The minimum atomic E-state index is -2.93. The molecule has 4 rings (SSSR count). The van der Waals surface area contributed by atoms with Gasteiger partial charge in [0.1, 0.15) is 5.01 Å². The van der Waals surface area contributed by atoms with Gasteiger partial charge in [0, 0.05) is 32.3 Å². The first-order valence-electron chi connectivity index (χ1n) is 10.2. The van der Waals surface area contributed by atoms with E-state index in [0.717, 1.165) is 30.2 Å². The number of methoxy groups -OCH3 is 1. The summed E-state index contributed by atoms with van der Waals surface area (Å²) in [5, 5.41) is 1.08. The Kier molecular flexibility index (Phi) is 6.96. The van der Waals surface area contributed by atoms with Crippen molar-refractivity contribution in [3.63, 3.8) is 0 Å². The molecule has 2 heterocycles. The molecule has 0 radical (unpaired) electrons. The van der Waals surface area contributed by atoms with Crippen LogP contribution in [0.15, 0.2) is 48.5 Å². The fourth-order valence-corrected chi connectivity index (χ4v) is 4.57. The van der Waals surface area contributed by atoms with E-state index in [9.17, 15) is 13.6 Å². The number of carbonyl (C=O) groups is 1. The standard InChI is InChI=1S/C23H23F2N3O3S/c1-30-19-14-16(6-8-18(19)31-23(24)25)7-9-22(29)28-12-10-27(11-13-28)15-21-26-17-4-2-3-5-20(17)32-21/h2-9,14,23H,10-13,15H2,1H3/b9-7+. The van der Waals surface area contributed by atoms with Crippen LogP contribution in [0.4, 0.5) is 8.78 Å². The molecule has 0 aliphatic carbocycles. The van der Waals surface area contributed by atoms with E-state index in [0.29, 0.717) is 18.7 Å². The number of piperazine rings is 1. The summed E-state index contributed by atoms with van der Waals surface area (Å²) in [6, 6.07) is 12.7. The minimum absolute atomic E-state index is 0.0461. The fourth-order valence-electron chi connectivity index (χ4n) is 3.56. The van der Waals surface area contributed by atoms with E-state index in [1.54, 1.807) is 34.4 Å². The van der Waals surface area contributed by atoms with Crippen molar-refractivity contribution in [2.45, 2.75) is 13.2 Å². The Morgan fingerprint density at radius 3 is 2.66 bits per heavy atom. The van der Waals surface area contributed by atoms with E-state index in [1.807, 2.05) is 18.2 Å².